The third-order valence-corrected chi connectivity index (χ3v) is 6.18. The summed E-state index contributed by atoms with van der Waals surface area (Å²) in [5.41, 5.74) is 2.24. The molecule has 1 N–H and O–H groups in total. The molecule has 1 saturated heterocycles. The normalized spacial score (nSPS) is 16.2. The molecule has 0 spiro atoms. The highest BCUT2D eigenvalue weighted by atomic mass is 35.5. The fourth-order valence-electron chi connectivity index (χ4n) is 4.10. The predicted octanol–water partition coefficient (Wildman–Crippen LogP) is 5.21. The number of halogens is 1. The minimum Gasteiger partial charge on any atom is -0.492 e. The lowest BCUT2D eigenvalue weighted by Gasteiger charge is -2.33. The SMILES string of the molecule is Clc1ccc([C@H](NCC2CCN(CCOc3ccccc3)CC2)c2ccccn2)cc1. The van der Waals surface area contributed by atoms with Crippen molar-refractivity contribution in [3.8, 4) is 5.75 Å². The van der Waals surface area contributed by atoms with E-state index in [2.05, 4.69) is 33.4 Å². The van der Waals surface area contributed by atoms with Gasteiger partial charge in [-0.25, -0.2) is 0 Å². The number of nitrogens with one attached hydrogen (secondary N) is 1. The van der Waals surface area contributed by atoms with Crippen molar-refractivity contribution in [3.63, 3.8) is 0 Å². The Balaban J connectivity index is 1.25. The van der Waals surface area contributed by atoms with Gasteiger partial charge in [0.25, 0.3) is 0 Å². The van der Waals surface area contributed by atoms with Crippen molar-refractivity contribution in [2.24, 2.45) is 5.92 Å². The van der Waals surface area contributed by atoms with Crippen molar-refractivity contribution in [3.05, 3.63) is 95.3 Å². The summed E-state index contributed by atoms with van der Waals surface area (Å²) in [5, 5.41) is 4.53. The highest BCUT2D eigenvalue weighted by Gasteiger charge is 2.21. The van der Waals surface area contributed by atoms with Gasteiger partial charge in [-0.2, -0.15) is 0 Å². The zero-order valence-electron chi connectivity index (χ0n) is 17.8. The molecule has 4 nitrogen and oxygen atoms in total. The smallest absolute Gasteiger partial charge is 0.119 e. The Kier molecular flexibility index (Phi) is 7.94. The van der Waals surface area contributed by atoms with Crippen LogP contribution in [0.3, 0.4) is 0 Å². The van der Waals surface area contributed by atoms with Crippen LogP contribution in [-0.4, -0.2) is 42.7 Å². The van der Waals surface area contributed by atoms with E-state index in [1.165, 1.54) is 18.4 Å². The fourth-order valence-corrected chi connectivity index (χ4v) is 4.23. The van der Waals surface area contributed by atoms with E-state index in [0.717, 1.165) is 49.3 Å². The van der Waals surface area contributed by atoms with Crippen LogP contribution in [-0.2, 0) is 0 Å². The van der Waals surface area contributed by atoms with E-state index >= 15 is 0 Å². The number of hydrogen-bond donors (Lipinski definition) is 1. The van der Waals surface area contributed by atoms with E-state index in [1.54, 1.807) is 0 Å². The zero-order chi connectivity index (χ0) is 21.3. The first-order chi connectivity index (χ1) is 15.3. The molecular formula is C26H30ClN3O. The van der Waals surface area contributed by atoms with Gasteiger partial charge in [-0.05, 0) is 80.4 Å². The molecule has 5 heteroatoms. The summed E-state index contributed by atoms with van der Waals surface area (Å²) >= 11 is 6.10. The Morgan fingerprint density at radius 2 is 1.71 bits per heavy atom. The van der Waals surface area contributed by atoms with Crippen molar-refractivity contribution >= 4 is 11.6 Å². The zero-order valence-corrected chi connectivity index (χ0v) is 18.5. The molecule has 0 amide bonds. The van der Waals surface area contributed by atoms with Gasteiger partial charge in [0.15, 0.2) is 0 Å². The fraction of sp³-hybridized carbons (Fsp3) is 0.346. The lowest BCUT2D eigenvalue weighted by molar-refractivity contribution is 0.153. The van der Waals surface area contributed by atoms with E-state index < -0.39 is 0 Å². The Hall–Kier alpha value is -2.40. The van der Waals surface area contributed by atoms with Gasteiger partial charge in [0.1, 0.15) is 12.4 Å². The number of ether oxygens (including phenoxy) is 1. The number of hydrogen-bond acceptors (Lipinski definition) is 4. The maximum atomic E-state index is 6.10. The quantitative estimate of drug-likeness (QED) is 0.501. The number of aromatic nitrogens is 1. The van der Waals surface area contributed by atoms with Crippen molar-refractivity contribution in [2.45, 2.75) is 18.9 Å². The molecule has 162 valence electrons. The molecule has 0 bridgehead atoms. The number of benzene rings is 2. The number of likely N-dealkylation sites (tertiary alicyclic amines) is 1. The number of rotatable bonds is 9. The van der Waals surface area contributed by atoms with Crippen molar-refractivity contribution in [1.82, 2.24) is 15.2 Å². The average molecular weight is 436 g/mol. The van der Waals surface area contributed by atoms with Gasteiger partial charge in [0, 0.05) is 17.8 Å². The monoisotopic (exact) mass is 435 g/mol. The molecule has 2 heterocycles. The highest BCUT2D eigenvalue weighted by Crippen LogP contribution is 2.24. The summed E-state index contributed by atoms with van der Waals surface area (Å²) in [4.78, 5) is 7.10. The van der Waals surface area contributed by atoms with Crippen molar-refractivity contribution < 1.29 is 4.74 Å². The highest BCUT2D eigenvalue weighted by molar-refractivity contribution is 6.30. The largest absolute Gasteiger partial charge is 0.492 e. The van der Waals surface area contributed by atoms with Crippen LogP contribution in [0.15, 0.2) is 79.0 Å². The first-order valence-electron chi connectivity index (χ1n) is 11.1. The van der Waals surface area contributed by atoms with Crippen LogP contribution < -0.4 is 10.1 Å². The number of pyridine rings is 1. The second kappa shape index (κ2) is 11.3. The molecule has 4 rings (SSSR count). The van der Waals surface area contributed by atoms with Gasteiger partial charge < -0.3 is 10.1 Å². The number of piperidine rings is 1. The van der Waals surface area contributed by atoms with Crippen LogP contribution in [0.4, 0.5) is 0 Å². The molecule has 1 aliphatic rings. The summed E-state index contributed by atoms with van der Waals surface area (Å²) in [6.45, 7) is 4.96. The third kappa shape index (κ3) is 6.54. The molecule has 0 unspecified atom stereocenters. The van der Waals surface area contributed by atoms with Crippen LogP contribution in [0.25, 0.3) is 0 Å². The topological polar surface area (TPSA) is 37.4 Å². The molecule has 3 aromatic rings. The minimum atomic E-state index is 0.0794. The minimum absolute atomic E-state index is 0.0794. The summed E-state index contributed by atoms with van der Waals surface area (Å²) in [7, 11) is 0. The molecule has 0 saturated carbocycles. The second-order valence-corrected chi connectivity index (χ2v) is 8.53. The molecule has 1 aliphatic heterocycles. The molecule has 1 atom stereocenters. The molecule has 0 radical (unpaired) electrons. The van der Waals surface area contributed by atoms with E-state index in [4.69, 9.17) is 16.3 Å². The lowest BCUT2D eigenvalue weighted by Crippen LogP contribution is -2.40. The van der Waals surface area contributed by atoms with Crippen molar-refractivity contribution in [1.29, 1.82) is 0 Å². The van der Waals surface area contributed by atoms with Gasteiger partial charge in [0.2, 0.25) is 0 Å². The molecule has 31 heavy (non-hydrogen) atoms. The van der Waals surface area contributed by atoms with Crippen LogP contribution in [0.5, 0.6) is 5.75 Å². The second-order valence-electron chi connectivity index (χ2n) is 8.09. The maximum Gasteiger partial charge on any atom is 0.119 e. The molecule has 1 aromatic heterocycles. The summed E-state index contributed by atoms with van der Waals surface area (Å²) in [5.74, 6) is 1.62. The van der Waals surface area contributed by atoms with Gasteiger partial charge in [-0.3, -0.25) is 9.88 Å². The first-order valence-corrected chi connectivity index (χ1v) is 11.5. The number of para-hydroxylation sites is 1. The third-order valence-electron chi connectivity index (χ3n) is 5.92. The lowest BCUT2D eigenvalue weighted by atomic mass is 9.95. The van der Waals surface area contributed by atoms with Gasteiger partial charge in [-0.15, -0.1) is 0 Å². The van der Waals surface area contributed by atoms with E-state index in [9.17, 15) is 0 Å². The predicted molar refractivity (Wildman–Crippen MR) is 127 cm³/mol. The Labute approximate surface area is 190 Å². The first kappa shape index (κ1) is 21.8. The van der Waals surface area contributed by atoms with Gasteiger partial charge in [-0.1, -0.05) is 48.0 Å². The summed E-state index contributed by atoms with van der Waals surface area (Å²) in [6, 6.07) is 24.3. The molecule has 0 aliphatic carbocycles. The standard InChI is InChI=1S/C26H30ClN3O/c27-23-11-9-22(10-12-23)26(25-8-4-5-15-28-25)29-20-21-13-16-30(17-14-21)18-19-31-24-6-2-1-3-7-24/h1-12,15,21,26,29H,13-14,16-20H2/t26-/m0/s1. The van der Waals surface area contributed by atoms with Gasteiger partial charge in [0.05, 0.1) is 11.7 Å². The van der Waals surface area contributed by atoms with Gasteiger partial charge >= 0.3 is 0 Å². The Morgan fingerprint density at radius 3 is 2.42 bits per heavy atom. The molecular weight excluding hydrogens is 406 g/mol. The average Bonchev–Trinajstić information content (AvgIpc) is 2.83. The van der Waals surface area contributed by atoms with Crippen molar-refractivity contribution in [2.75, 3.05) is 32.8 Å². The van der Waals surface area contributed by atoms with Crippen LogP contribution >= 0.6 is 11.6 Å². The summed E-state index contributed by atoms with van der Waals surface area (Å²) in [6.07, 6.45) is 4.26. The Morgan fingerprint density at radius 1 is 0.968 bits per heavy atom. The van der Waals surface area contributed by atoms with E-state index in [1.807, 2.05) is 60.8 Å². The van der Waals surface area contributed by atoms with Crippen LogP contribution in [0.2, 0.25) is 5.02 Å². The Bertz CT molecular complexity index is 897. The maximum absolute atomic E-state index is 6.10. The van der Waals surface area contributed by atoms with Crippen LogP contribution in [0.1, 0.15) is 30.1 Å². The van der Waals surface area contributed by atoms with E-state index in [0.29, 0.717) is 5.92 Å². The van der Waals surface area contributed by atoms with E-state index in [-0.39, 0.29) is 6.04 Å². The van der Waals surface area contributed by atoms with Crippen LogP contribution in [0, 0.1) is 5.92 Å². The summed E-state index contributed by atoms with van der Waals surface area (Å²) < 4.78 is 5.85. The molecule has 1 fully saturated rings. The number of nitrogens with zero attached hydrogens (tertiary/aromatic N) is 2. The molecule has 2 aromatic carbocycles.